The molecule has 3 aliphatic rings. The first-order chi connectivity index (χ1) is 15.3. The zero-order valence-corrected chi connectivity index (χ0v) is 23.3. The molecule has 0 atom stereocenters. The molecule has 3 heteroatoms. The van der Waals surface area contributed by atoms with Crippen LogP contribution in [0.3, 0.4) is 0 Å². The molecule has 0 saturated heterocycles. The normalized spacial score (nSPS) is 15.3. The standard InChI is InChI=1S/C26H17.C4H6.2ClH.Hf/c1-2-6-17(5-1)20-12-9-19-11-14-22-15-21-13-10-18-7-3-4-8-23(18)25(21)26(22)24(19)16-20;1-2-4-3-1;;;/h1-14,17H,15H2;1-3H2;2*1H;/q-1;;;;+2/p-2. The molecule has 3 aliphatic carbocycles. The summed E-state index contributed by atoms with van der Waals surface area (Å²) in [5.74, 6) is 0.351. The SMILES string of the molecule is [Cl-].[Cl-].[Hf+2]=[C]1CCC1.[c-]1c(C2C=CC=C2)ccc2ccc3c(c12)-c1c(ccc2ccccc12)C3. The van der Waals surface area contributed by atoms with E-state index in [-0.39, 0.29) is 24.8 Å². The summed E-state index contributed by atoms with van der Waals surface area (Å²) in [5.41, 5.74) is 6.92. The number of hydrogen-bond donors (Lipinski definition) is 0. The Labute approximate surface area is 222 Å². The van der Waals surface area contributed by atoms with Gasteiger partial charge >= 0.3 is 46.4 Å². The van der Waals surface area contributed by atoms with Crippen LogP contribution in [0.4, 0.5) is 0 Å². The molecule has 0 bridgehead atoms. The number of benzene rings is 4. The van der Waals surface area contributed by atoms with E-state index >= 15 is 0 Å². The van der Waals surface area contributed by atoms with Gasteiger partial charge in [0.05, 0.1) is 0 Å². The fraction of sp³-hybridized carbons (Fsp3) is 0.167. The van der Waals surface area contributed by atoms with E-state index in [4.69, 9.17) is 0 Å². The summed E-state index contributed by atoms with van der Waals surface area (Å²) in [5, 5.41) is 5.22. The quantitative estimate of drug-likeness (QED) is 0.194. The van der Waals surface area contributed by atoms with Gasteiger partial charge in [-0.2, -0.15) is 0 Å². The van der Waals surface area contributed by atoms with Crippen LogP contribution in [0.25, 0.3) is 32.7 Å². The van der Waals surface area contributed by atoms with Crippen molar-refractivity contribution in [3.63, 3.8) is 0 Å². The maximum absolute atomic E-state index is 3.77. The Morgan fingerprint density at radius 2 is 1.36 bits per heavy atom. The minimum atomic E-state index is 0. The average Bonchev–Trinajstić information content (AvgIpc) is 3.46. The maximum atomic E-state index is 3.77. The Kier molecular flexibility index (Phi) is 7.53. The first-order valence-electron chi connectivity index (χ1n) is 11.2. The third-order valence-electron chi connectivity index (χ3n) is 6.75. The van der Waals surface area contributed by atoms with Crippen molar-refractivity contribution in [2.45, 2.75) is 31.6 Å². The van der Waals surface area contributed by atoms with Gasteiger partial charge in [0.25, 0.3) is 0 Å². The van der Waals surface area contributed by atoms with Crippen molar-refractivity contribution in [3.05, 3.63) is 108 Å². The molecule has 162 valence electrons. The van der Waals surface area contributed by atoms with Crippen LogP contribution >= 0.6 is 0 Å². The molecule has 0 spiro atoms. The summed E-state index contributed by atoms with van der Waals surface area (Å²) in [6.45, 7) is 0. The van der Waals surface area contributed by atoms with E-state index in [9.17, 15) is 0 Å². The molecule has 0 amide bonds. The Morgan fingerprint density at radius 3 is 2.06 bits per heavy atom. The molecule has 4 aromatic carbocycles. The second-order valence-corrected chi connectivity index (χ2v) is 11.3. The molecule has 0 aromatic heterocycles. The Bertz CT molecular complexity index is 1400. The number of rotatable bonds is 1. The van der Waals surface area contributed by atoms with Crippen LogP contribution in [-0.2, 0) is 30.3 Å². The van der Waals surface area contributed by atoms with Crippen molar-refractivity contribution < 1.29 is 48.7 Å². The van der Waals surface area contributed by atoms with Crippen LogP contribution in [0.15, 0.2) is 85.0 Å². The molecule has 0 nitrogen and oxygen atoms in total. The molecule has 33 heavy (non-hydrogen) atoms. The van der Waals surface area contributed by atoms with E-state index in [2.05, 4.69) is 91.0 Å². The van der Waals surface area contributed by atoms with E-state index in [1.54, 1.807) is 0 Å². The molecular formula is C30H23Cl2Hf-. The maximum Gasteiger partial charge on any atom is 0.00333 e. The van der Waals surface area contributed by atoms with Crippen molar-refractivity contribution in [2.75, 3.05) is 0 Å². The summed E-state index contributed by atoms with van der Waals surface area (Å²) >= 11 is 1.37. The van der Waals surface area contributed by atoms with Crippen molar-refractivity contribution >= 4 is 24.8 Å². The van der Waals surface area contributed by atoms with Crippen LogP contribution in [0, 0.1) is 6.07 Å². The molecule has 0 aliphatic heterocycles. The molecule has 0 unspecified atom stereocenters. The second-order valence-electron chi connectivity index (χ2n) is 8.73. The number of allylic oxidation sites excluding steroid dienone is 4. The molecule has 1 saturated carbocycles. The summed E-state index contributed by atoms with van der Waals surface area (Å²) in [4.78, 5) is 0. The van der Waals surface area contributed by atoms with Crippen LogP contribution in [0.5, 0.6) is 0 Å². The molecular weight excluding hydrogens is 610 g/mol. The third-order valence-corrected chi connectivity index (χ3v) is 8.54. The Hall–Kier alpha value is -1.80. The molecule has 1 fully saturated rings. The van der Waals surface area contributed by atoms with Gasteiger partial charge in [-0.05, 0) is 28.3 Å². The Balaban J connectivity index is 0.000000332. The molecule has 0 radical (unpaired) electrons. The molecule has 4 aromatic rings. The van der Waals surface area contributed by atoms with Gasteiger partial charge in [0.15, 0.2) is 0 Å². The van der Waals surface area contributed by atoms with Gasteiger partial charge < -0.3 is 24.8 Å². The van der Waals surface area contributed by atoms with E-state index in [0.717, 1.165) is 6.42 Å². The minimum Gasteiger partial charge on any atom is -0.138 e. The van der Waals surface area contributed by atoms with Crippen molar-refractivity contribution in [1.29, 1.82) is 0 Å². The smallest absolute Gasteiger partial charge is 0.00333 e. The largest absolute Gasteiger partial charge is 0.138 e. The van der Waals surface area contributed by atoms with Crippen LogP contribution < -0.4 is 24.8 Å². The van der Waals surface area contributed by atoms with Gasteiger partial charge in [-0.1, -0.05) is 84.0 Å². The van der Waals surface area contributed by atoms with Crippen LogP contribution in [0.1, 0.15) is 41.9 Å². The molecule has 0 N–H and O–H groups in total. The summed E-state index contributed by atoms with van der Waals surface area (Å²) in [6.07, 6.45) is 14.2. The number of halogens is 2. The van der Waals surface area contributed by atoms with Crippen molar-refractivity contribution in [3.8, 4) is 11.1 Å². The first-order valence-corrected chi connectivity index (χ1v) is 13.0. The topological polar surface area (TPSA) is 0 Å². The fourth-order valence-corrected chi connectivity index (χ4v) is 6.16. The monoisotopic (exact) mass is 633 g/mol. The first kappa shape index (κ1) is 24.3. The third kappa shape index (κ3) is 4.48. The predicted molar refractivity (Wildman–Crippen MR) is 128 cm³/mol. The van der Waals surface area contributed by atoms with Gasteiger partial charge in [-0.15, -0.1) is 34.5 Å². The zero-order valence-electron chi connectivity index (χ0n) is 18.2. The van der Waals surface area contributed by atoms with Gasteiger partial charge in [0.1, 0.15) is 0 Å². The number of fused-ring (bicyclic) bond motifs is 7. The van der Waals surface area contributed by atoms with E-state index in [0.29, 0.717) is 5.92 Å². The molecule has 0 heterocycles. The summed E-state index contributed by atoms with van der Waals surface area (Å²) in [6, 6.07) is 26.1. The van der Waals surface area contributed by atoms with Crippen LogP contribution in [0.2, 0.25) is 0 Å². The summed E-state index contributed by atoms with van der Waals surface area (Å²) in [7, 11) is 0. The summed E-state index contributed by atoms with van der Waals surface area (Å²) < 4.78 is 1.82. The minimum absolute atomic E-state index is 0. The van der Waals surface area contributed by atoms with Crippen molar-refractivity contribution in [2.24, 2.45) is 0 Å². The van der Waals surface area contributed by atoms with Gasteiger partial charge in [0, 0.05) is 5.92 Å². The van der Waals surface area contributed by atoms with Crippen LogP contribution in [-0.4, -0.2) is 3.26 Å². The number of hydrogen-bond acceptors (Lipinski definition) is 0. The fourth-order valence-electron chi connectivity index (χ4n) is 4.89. The van der Waals surface area contributed by atoms with E-state index < -0.39 is 0 Å². The molecule has 7 rings (SSSR count). The Morgan fingerprint density at radius 1 is 0.727 bits per heavy atom. The predicted octanol–water partition coefficient (Wildman–Crippen LogP) is 1.47. The second kappa shape index (κ2) is 10.2. The van der Waals surface area contributed by atoms with Gasteiger partial charge in [-0.3, -0.25) is 0 Å². The van der Waals surface area contributed by atoms with Gasteiger partial charge in [0.2, 0.25) is 0 Å². The zero-order chi connectivity index (χ0) is 20.8. The van der Waals surface area contributed by atoms with Crippen molar-refractivity contribution in [1.82, 2.24) is 0 Å². The van der Waals surface area contributed by atoms with E-state index in [1.807, 2.05) is 3.26 Å². The van der Waals surface area contributed by atoms with E-state index in [1.165, 1.54) is 92.5 Å². The average molecular weight is 633 g/mol. The van der Waals surface area contributed by atoms with Gasteiger partial charge in [-0.25, -0.2) is 0 Å².